The van der Waals surface area contributed by atoms with Crippen LogP contribution < -0.4 is 9.80 Å². The molecule has 2 heterocycles. The first-order valence-electron chi connectivity index (χ1n) is 17.4. The molecule has 9 rings (SSSR count). The number of carbonyl (C=O) groups is 5. The Labute approximate surface area is 308 Å². The van der Waals surface area contributed by atoms with Gasteiger partial charge in [0.25, 0.3) is 0 Å². The molecule has 2 saturated heterocycles. The van der Waals surface area contributed by atoms with Gasteiger partial charge in [-0.05, 0) is 66.1 Å². The predicted octanol–water partition coefficient (Wildman–Crippen LogP) is 7.26. The van der Waals surface area contributed by atoms with E-state index in [1.165, 1.54) is 29.2 Å². The van der Waals surface area contributed by atoms with Gasteiger partial charge in [-0.15, -0.1) is 0 Å². The van der Waals surface area contributed by atoms with E-state index in [2.05, 4.69) is 0 Å². The second kappa shape index (κ2) is 12.0. The minimum atomic E-state index is -1.54. The molecule has 0 aromatic heterocycles. The first kappa shape index (κ1) is 32.8. The van der Waals surface area contributed by atoms with Crippen molar-refractivity contribution in [3.63, 3.8) is 0 Å². The van der Waals surface area contributed by atoms with E-state index in [1.54, 1.807) is 36.4 Å². The number of imide groups is 2. The highest BCUT2D eigenvalue weighted by molar-refractivity contribution is 6.32. The van der Waals surface area contributed by atoms with Crippen molar-refractivity contribution < 1.29 is 34.2 Å². The zero-order chi connectivity index (χ0) is 36.8. The molecule has 3 fully saturated rings. The molecule has 10 heteroatoms. The van der Waals surface area contributed by atoms with Gasteiger partial charge in [0.05, 0.1) is 40.1 Å². The molecule has 5 aromatic rings. The summed E-state index contributed by atoms with van der Waals surface area (Å²) in [6, 6.07) is 32.5. The third-order valence-corrected chi connectivity index (χ3v) is 12.0. The Hall–Kier alpha value is -6.06. The molecule has 0 spiro atoms. The maximum Gasteiger partial charge on any atom is 0.335 e. The summed E-state index contributed by atoms with van der Waals surface area (Å²) in [5.74, 6) is -7.33. The molecular weight excluding hydrogens is 692 g/mol. The third kappa shape index (κ3) is 4.59. The molecule has 2 aliphatic heterocycles. The van der Waals surface area contributed by atoms with Crippen LogP contribution in [0.25, 0.3) is 10.8 Å². The first-order chi connectivity index (χ1) is 25.6. The average molecular weight is 723 g/mol. The van der Waals surface area contributed by atoms with Crippen molar-refractivity contribution in [2.24, 2.45) is 23.7 Å². The third-order valence-electron chi connectivity index (χ3n) is 11.8. The van der Waals surface area contributed by atoms with Crippen LogP contribution in [0.5, 0.6) is 5.75 Å². The number of carbonyl (C=O) groups excluding carboxylic acids is 4. The van der Waals surface area contributed by atoms with E-state index >= 15 is 4.79 Å². The first-order valence-corrected chi connectivity index (χ1v) is 17.8. The number of carboxylic acid groups (broad SMARTS) is 1. The maximum atomic E-state index is 15.5. The number of allylic oxidation sites excluding steroid dienone is 2. The van der Waals surface area contributed by atoms with E-state index < -0.39 is 64.6 Å². The summed E-state index contributed by atoms with van der Waals surface area (Å²) in [4.78, 5) is 73.2. The van der Waals surface area contributed by atoms with Crippen molar-refractivity contribution in [3.05, 3.63) is 149 Å². The summed E-state index contributed by atoms with van der Waals surface area (Å²) in [6.45, 7) is 0. The fourth-order valence-electron chi connectivity index (χ4n) is 9.63. The Bertz CT molecular complexity index is 2460. The van der Waals surface area contributed by atoms with Crippen molar-refractivity contribution in [2.75, 3.05) is 9.80 Å². The van der Waals surface area contributed by atoms with Crippen LogP contribution in [0.1, 0.15) is 40.2 Å². The fourth-order valence-corrected chi connectivity index (χ4v) is 9.81. The number of hydrogen-bond donors (Lipinski definition) is 2. The molecule has 5 aromatic carbocycles. The molecule has 6 atom stereocenters. The number of aromatic carboxylic acids is 1. The van der Waals surface area contributed by atoms with Crippen LogP contribution in [-0.2, 0) is 24.6 Å². The van der Waals surface area contributed by atoms with Crippen LogP contribution >= 0.6 is 11.6 Å². The number of phenolic OH excluding ortho intramolecular Hbond substituents is 1. The van der Waals surface area contributed by atoms with Gasteiger partial charge in [0, 0.05) is 21.9 Å². The van der Waals surface area contributed by atoms with Gasteiger partial charge in [-0.3, -0.25) is 24.1 Å². The fraction of sp³-hybridized carbons (Fsp3) is 0.186. The van der Waals surface area contributed by atoms with Crippen LogP contribution in [0.2, 0.25) is 5.02 Å². The summed E-state index contributed by atoms with van der Waals surface area (Å²) >= 11 is 6.41. The molecule has 9 nitrogen and oxygen atoms in total. The number of aromatic hydroxyl groups is 1. The smallest absolute Gasteiger partial charge is 0.335 e. The lowest BCUT2D eigenvalue weighted by Gasteiger charge is -2.50. The van der Waals surface area contributed by atoms with E-state index in [-0.39, 0.29) is 29.8 Å². The molecule has 0 bridgehead atoms. The van der Waals surface area contributed by atoms with Crippen molar-refractivity contribution in [3.8, 4) is 5.75 Å². The lowest BCUT2D eigenvalue weighted by Crippen LogP contribution is -2.53. The summed E-state index contributed by atoms with van der Waals surface area (Å²) in [6.07, 6.45) is 2.18. The Balaban J connectivity index is 1.28. The van der Waals surface area contributed by atoms with Gasteiger partial charge >= 0.3 is 5.97 Å². The van der Waals surface area contributed by atoms with Gasteiger partial charge in [0.15, 0.2) is 0 Å². The number of carboxylic acids is 1. The number of nitrogens with zero attached hydrogens (tertiary/aromatic N) is 2. The minimum Gasteiger partial charge on any atom is -0.507 e. The summed E-state index contributed by atoms with van der Waals surface area (Å²) in [5, 5.41) is 23.5. The van der Waals surface area contributed by atoms with Gasteiger partial charge in [-0.25, -0.2) is 9.69 Å². The molecule has 53 heavy (non-hydrogen) atoms. The van der Waals surface area contributed by atoms with E-state index in [1.807, 2.05) is 60.7 Å². The molecule has 0 radical (unpaired) electrons. The highest BCUT2D eigenvalue weighted by atomic mass is 35.5. The summed E-state index contributed by atoms with van der Waals surface area (Å²) in [5.41, 5.74) is 0.588. The van der Waals surface area contributed by atoms with E-state index in [0.29, 0.717) is 32.8 Å². The number of fused-ring (bicyclic) bond motifs is 5. The van der Waals surface area contributed by atoms with Crippen LogP contribution in [0.4, 0.5) is 11.4 Å². The Morgan fingerprint density at radius 1 is 0.736 bits per heavy atom. The largest absolute Gasteiger partial charge is 0.507 e. The number of hydrogen-bond acceptors (Lipinski definition) is 6. The Morgan fingerprint density at radius 3 is 2.21 bits per heavy atom. The number of benzene rings is 5. The Morgan fingerprint density at radius 2 is 1.45 bits per heavy atom. The number of amides is 4. The maximum absolute atomic E-state index is 15.5. The number of rotatable bonds is 5. The number of phenols is 1. The normalized spacial score (nSPS) is 26.4. The van der Waals surface area contributed by atoms with Gasteiger partial charge in [0.1, 0.15) is 5.75 Å². The minimum absolute atomic E-state index is 0.0341. The van der Waals surface area contributed by atoms with E-state index in [0.717, 1.165) is 10.3 Å². The molecular formula is C43H31ClN2O7. The quantitative estimate of drug-likeness (QED) is 0.144. The lowest BCUT2D eigenvalue weighted by molar-refractivity contribution is -0.127. The molecule has 2 aliphatic carbocycles. The highest BCUT2D eigenvalue weighted by Crippen LogP contribution is 2.65. The average Bonchev–Trinajstić information content (AvgIpc) is 3.56. The summed E-state index contributed by atoms with van der Waals surface area (Å²) < 4.78 is 0. The van der Waals surface area contributed by atoms with Crippen LogP contribution in [0.15, 0.2) is 127 Å². The van der Waals surface area contributed by atoms with Crippen molar-refractivity contribution in [2.45, 2.75) is 24.2 Å². The van der Waals surface area contributed by atoms with Gasteiger partial charge in [-0.1, -0.05) is 102 Å². The molecule has 4 aliphatic rings. The Kier molecular flexibility index (Phi) is 7.43. The van der Waals surface area contributed by atoms with E-state index in [9.17, 15) is 29.4 Å². The second-order valence-corrected chi connectivity index (χ2v) is 14.6. The van der Waals surface area contributed by atoms with Gasteiger partial charge in [-0.2, -0.15) is 0 Å². The molecule has 4 amide bonds. The highest BCUT2D eigenvalue weighted by Gasteiger charge is 2.70. The molecule has 1 saturated carbocycles. The van der Waals surface area contributed by atoms with Crippen LogP contribution in [0, 0.1) is 23.7 Å². The van der Waals surface area contributed by atoms with Crippen molar-refractivity contribution >= 4 is 63.3 Å². The van der Waals surface area contributed by atoms with Crippen molar-refractivity contribution in [1.29, 1.82) is 0 Å². The topological polar surface area (TPSA) is 132 Å². The van der Waals surface area contributed by atoms with Gasteiger partial charge in [0.2, 0.25) is 23.6 Å². The van der Waals surface area contributed by atoms with Crippen molar-refractivity contribution in [1.82, 2.24) is 0 Å². The zero-order valence-corrected chi connectivity index (χ0v) is 28.8. The standard InChI is InChI=1S/C43H31ClN2O7/c44-26-12-7-14-28(21-26)46-39(49)34-22-33-30(18-19-31-35(33)40(50)45(38(31)48)27-13-6-9-24(20-27)41(51)52)36(43(34,42(46)53)25-10-2-1-3-11-25)32-17-16-23-8-4-5-15-29(23)37(32)47/h1-18,20-21,31,33-36,47H,19,22H2,(H,51,52)/t31-,33+,34-,35-,36+,43+/m0/s1. The monoisotopic (exact) mass is 722 g/mol. The molecule has 2 N–H and O–H groups in total. The number of anilines is 2. The van der Waals surface area contributed by atoms with Crippen LogP contribution in [0.3, 0.4) is 0 Å². The predicted molar refractivity (Wildman–Crippen MR) is 198 cm³/mol. The lowest BCUT2D eigenvalue weighted by atomic mass is 9.49. The molecule has 0 unspecified atom stereocenters. The zero-order valence-electron chi connectivity index (χ0n) is 28.1. The SMILES string of the molecule is O=C(O)c1cccc(N2C(=O)[C@H]3[C@H](CC=C4[C@H]3C[C@H]3C(=O)N(c5cccc(Cl)c5)C(=O)[C@@]3(c3ccccc3)[C@H]4c3ccc4ccccc4c3O)C2=O)c1. The summed E-state index contributed by atoms with van der Waals surface area (Å²) in [7, 11) is 0. The number of halogens is 1. The van der Waals surface area contributed by atoms with E-state index in [4.69, 9.17) is 11.6 Å². The second-order valence-electron chi connectivity index (χ2n) is 14.2. The van der Waals surface area contributed by atoms with Crippen LogP contribution in [-0.4, -0.2) is 39.8 Å². The van der Waals surface area contributed by atoms with Gasteiger partial charge < -0.3 is 10.2 Å². The molecule has 262 valence electrons.